The van der Waals surface area contributed by atoms with E-state index >= 15 is 0 Å². The highest BCUT2D eigenvalue weighted by atomic mass is 16.5. The zero-order chi connectivity index (χ0) is 17.1. The molecule has 0 saturated heterocycles. The zero-order valence-electron chi connectivity index (χ0n) is 14.5. The van der Waals surface area contributed by atoms with Gasteiger partial charge in [-0.1, -0.05) is 44.2 Å². The van der Waals surface area contributed by atoms with Gasteiger partial charge in [-0.15, -0.1) is 10.2 Å². The molecule has 1 amide bonds. The first-order chi connectivity index (χ1) is 11.6. The fraction of sp³-hybridized carbons (Fsp3) is 0.500. The molecule has 0 aliphatic carbocycles. The van der Waals surface area contributed by atoms with Crippen LogP contribution in [-0.4, -0.2) is 38.7 Å². The van der Waals surface area contributed by atoms with E-state index in [2.05, 4.69) is 28.6 Å². The minimum atomic E-state index is -0.560. The first-order valence-electron chi connectivity index (χ1n) is 8.49. The number of hydrogen-bond donors (Lipinski definition) is 0. The summed E-state index contributed by atoms with van der Waals surface area (Å²) in [6.45, 7) is 8.48. The summed E-state index contributed by atoms with van der Waals surface area (Å²) in [5.74, 6) is 2.15. The second-order valence-corrected chi connectivity index (χ2v) is 6.29. The predicted molar refractivity (Wildman–Crippen MR) is 90.3 cm³/mol. The van der Waals surface area contributed by atoms with Crippen LogP contribution >= 0.6 is 0 Å². The number of hydrogen-bond acceptors (Lipinski definition) is 4. The molecule has 1 aromatic heterocycles. The average molecular weight is 328 g/mol. The third kappa shape index (κ3) is 3.19. The van der Waals surface area contributed by atoms with Gasteiger partial charge in [0.05, 0.1) is 6.54 Å². The van der Waals surface area contributed by atoms with E-state index in [0.717, 1.165) is 23.8 Å². The second-order valence-electron chi connectivity index (χ2n) is 6.29. The monoisotopic (exact) mass is 328 g/mol. The van der Waals surface area contributed by atoms with E-state index in [-0.39, 0.29) is 5.91 Å². The highest BCUT2D eigenvalue weighted by Crippen LogP contribution is 2.24. The van der Waals surface area contributed by atoms with E-state index in [4.69, 9.17) is 4.74 Å². The molecule has 128 valence electrons. The van der Waals surface area contributed by atoms with Gasteiger partial charge in [0.2, 0.25) is 0 Å². The van der Waals surface area contributed by atoms with Crippen LogP contribution in [0.5, 0.6) is 0 Å². The van der Waals surface area contributed by atoms with E-state index in [1.165, 1.54) is 0 Å². The Bertz CT molecular complexity index is 696. The summed E-state index contributed by atoms with van der Waals surface area (Å²) in [5, 5.41) is 8.54. The molecule has 24 heavy (non-hydrogen) atoms. The quantitative estimate of drug-likeness (QED) is 0.846. The van der Waals surface area contributed by atoms with Gasteiger partial charge in [0.1, 0.15) is 5.82 Å². The molecule has 6 heteroatoms. The average Bonchev–Trinajstić information content (AvgIpc) is 3.03. The van der Waals surface area contributed by atoms with Crippen LogP contribution < -0.4 is 0 Å². The minimum absolute atomic E-state index is 0.0107. The molecule has 0 bridgehead atoms. The van der Waals surface area contributed by atoms with Crippen LogP contribution in [0, 0.1) is 0 Å². The summed E-state index contributed by atoms with van der Waals surface area (Å²) in [6, 6.07) is 9.66. The van der Waals surface area contributed by atoms with Crippen molar-refractivity contribution in [3.8, 4) is 0 Å². The van der Waals surface area contributed by atoms with Gasteiger partial charge in [-0.2, -0.15) is 0 Å². The van der Waals surface area contributed by atoms with Crippen LogP contribution in [0.15, 0.2) is 30.3 Å². The highest BCUT2D eigenvalue weighted by molar-refractivity contribution is 5.82. The van der Waals surface area contributed by atoms with E-state index in [9.17, 15) is 4.79 Å². The van der Waals surface area contributed by atoms with Crippen LogP contribution in [0.25, 0.3) is 0 Å². The van der Waals surface area contributed by atoms with Gasteiger partial charge in [0.15, 0.2) is 11.9 Å². The number of benzene rings is 1. The van der Waals surface area contributed by atoms with Crippen molar-refractivity contribution in [3.63, 3.8) is 0 Å². The summed E-state index contributed by atoms with van der Waals surface area (Å²) in [7, 11) is 0. The number of carbonyl (C=O) groups is 1. The van der Waals surface area contributed by atoms with Crippen LogP contribution in [0.2, 0.25) is 0 Å². The van der Waals surface area contributed by atoms with E-state index < -0.39 is 6.10 Å². The smallest absolute Gasteiger partial charge is 0.256 e. The number of rotatable bonds is 5. The molecule has 6 nitrogen and oxygen atoms in total. The summed E-state index contributed by atoms with van der Waals surface area (Å²) in [5.41, 5.74) is 0.888. The van der Waals surface area contributed by atoms with Crippen molar-refractivity contribution in [1.29, 1.82) is 0 Å². The van der Waals surface area contributed by atoms with Gasteiger partial charge in [-0.25, -0.2) is 0 Å². The Morgan fingerprint density at radius 1 is 1.21 bits per heavy atom. The van der Waals surface area contributed by atoms with Crippen molar-refractivity contribution >= 4 is 5.91 Å². The Labute approximate surface area is 142 Å². The first-order valence-corrected chi connectivity index (χ1v) is 8.49. The lowest BCUT2D eigenvalue weighted by Crippen LogP contribution is -2.42. The van der Waals surface area contributed by atoms with Gasteiger partial charge >= 0.3 is 0 Å². The number of aromatic nitrogens is 3. The third-order valence-corrected chi connectivity index (χ3v) is 4.27. The molecule has 0 N–H and O–H groups in total. The van der Waals surface area contributed by atoms with Crippen LogP contribution in [0.4, 0.5) is 0 Å². The highest BCUT2D eigenvalue weighted by Gasteiger charge is 2.31. The Kier molecular flexibility index (Phi) is 4.94. The molecule has 1 atom stereocenters. The summed E-state index contributed by atoms with van der Waals surface area (Å²) in [4.78, 5) is 14.8. The largest absolute Gasteiger partial charge is 0.364 e. The molecule has 2 aromatic rings. The van der Waals surface area contributed by atoms with Crippen molar-refractivity contribution in [2.45, 2.75) is 45.9 Å². The standard InChI is InChI=1S/C18H24N4O2/c1-4-24-16(14-8-6-5-7-9-14)18(23)21-10-11-22-15(12-21)19-20-17(22)13(2)3/h5-9,13,16H,4,10-12H2,1-3H3/t16-/m1/s1. The van der Waals surface area contributed by atoms with E-state index in [1.54, 1.807) is 0 Å². The van der Waals surface area contributed by atoms with Gasteiger partial charge in [0, 0.05) is 25.6 Å². The maximum atomic E-state index is 13.0. The molecule has 1 aliphatic heterocycles. The minimum Gasteiger partial charge on any atom is -0.364 e. The van der Waals surface area contributed by atoms with Gasteiger partial charge in [0.25, 0.3) is 5.91 Å². The Morgan fingerprint density at radius 3 is 2.62 bits per heavy atom. The number of fused-ring (bicyclic) bond motifs is 1. The van der Waals surface area contributed by atoms with Gasteiger partial charge in [-0.3, -0.25) is 4.79 Å². The third-order valence-electron chi connectivity index (χ3n) is 4.27. The summed E-state index contributed by atoms with van der Waals surface area (Å²) < 4.78 is 7.87. The van der Waals surface area contributed by atoms with E-state index in [0.29, 0.717) is 25.6 Å². The fourth-order valence-corrected chi connectivity index (χ4v) is 3.07. The van der Waals surface area contributed by atoms with Crippen LogP contribution in [0.1, 0.15) is 50.0 Å². The van der Waals surface area contributed by atoms with Crippen molar-refractivity contribution in [2.24, 2.45) is 0 Å². The van der Waals surface area contributed by atoms with Crippen molar-refractivity contribution < 1.29 is 9.53 Å². The Hall–Kier alpha value is -2.21. The maximum Gasteiger partial charge on any atom is 0.256 e. The lowest BCUT2D eigenvalue weighted by molar-refractivity contribution is -0.145. The van der Waals surface area contributed by atoms with Crippen molar-refractivity contribution in [3.05, 3.63) is 47.5 Å². The second kappa shape index (κ2) is 7.13. The Morgan fingerprint density at radius 2 is 1.96 bits per heavy atom. The molecular formula is C18H24N4O2. The fourth-order valence-electron chi connectivity index (χ4n) is 3.07. The molecule has 1 aliphatic rings. The lowest BCUT2D eigenvalue weighted by atomic mass is 10.1. The van der Waals surface area contributed by atoms with Crippen molar-refractivity contribution in [1.82, 2.24) is 19.7 Å². The SMILES string of the molecule is CCO[C@@H](C(=O)N1CCn2c(nnc2C(C)C)C1)c1ccccc1. The zero-order valence-corrected chi connectivity index (χ0v) is 14.5. The molecule has 0 saturated carbocycles. The van der Waals surface area contributed by atoms with Gasteiger partial charge in [-0.05, 0) is 12.5 Å². The molecule has 0 spiro atoms. The first kappa shape index (κ1) is 16.6. The summed E-state index contributed by atoms with van der Waals surface area (Å²) in [6.07, 6.45) is -0.560. The lowest BCUT2D eigenvalue weighted by Gasteiger charge is -2.31. The molecular weight excluding hydrogens is 304 g/mol. The normalized spacial score (nSPS) is 15.4. The van der Waals surface area contributed by atoms with Gasteiger partial charge < -0.3 is 14.2 Å². The Balaban J connectivity index is 1.79. The number of nitrogens with zero attached hydrogens (tertiary/aromatic N) is 4. The molecule has 3 rings (SSSR count). The molecule has 0 fully saturated rings. The van der Waals surface area contributed by atoms with E-state index in [1.807, 2.05) is 42.2 Å². The van der Waals surface area contributed by atoms with Crippen LogP contribution in [0.3, 0.4) is 0 Å². The molecule has 1 aromatic carbocycles. The topological polar surface area (TPSA) is 60.2 Å². The molecule has 2 heterocycles. The number of carbonyl (C=O) groups excluding carboxylic acids is 1. The maximum absolute atomic E-state index is 13.0. The van der Waals surface area contributed by atoms with Crippen molar-refractivity contribution in [2.75, 3.05) is 13.2 Å². The summed E-state index contributed by atoms with van der Waals surface area (Å²) >= 11 is 0. The molecule has 0 radical (unpaired) electrons. The molecule has 0 unspecified atom stereocenters. The van der Waals surface area contributed by atoms with Crippen LogP contribution in [-0.2, 0) is 22.6 Å². The number of amides is 1. The number of ether oxygens (including phenoxy) is 1. The predicted octanol–water partition coefficient (Wildman–Crippen LogP) is 2.52.